The Labute approximate surface area is 119 Å². The highest BCUT2D eigenvalue weighted by Gasteiger charge is 2.21. The summed E-state index contributed by atoms with van der Waals surface area (Å²) in [6.07, 6.45) is 4.46. The minimum absolute atomic E-state index is 0.724. The normalized spacial score (nSPS) is 14.4. The van der Waals surface area contributed by atoms with Crippen LogP contribution in [0.2, 0.25) is 0 Å². The predicted octanol–water partition coefficient (Wildman–Crippen LogP) is 3.06. The molecule has 0 amide bonds. The highest BCUT2D eigenvalue weighted by molar-refractivity contribution is 5.18. The molecule has 2 heterocycles. The molecule has 1 aliphatic rings. The van der Waals surface area contributed by atoms with Crippen LogP contribution in [0.1, 0.15) is 29.9 Å². The number of hydrogen-bond acceptors (Lipinski definition) is 4. The summed E-state index contributed by atoms with van der Waals surface area (Å²) in [5.74, 6) is 3.39. The van der Waals surface area contributed by atoms with Crippen LogP contribution in [-0.4, -0.2) is 11.6 Å². The number of hydrogen-bond donors (Lipinski definition) is 1. The molecule has 20 heavy (non-hydrogen) atoms. The summed E-state index contributed by atoms with van der Waals surface area (Å²) in [5.41, 5.74) is 1.15. The molecule has 106 valence electrons. The molecule has 0 radical (unpaired) electrons. The summed E-state index contributed by atoms with van der Waals surface area (Å²) in [6.45, 7) is 4.26. The van der Waals surface area contributed by atoms with E-state index in [0.717, 1.165) is 48.6 Å². The van der Waals surface area contributed by atoms with Gasteiger partial charge in [0.15, 0.2) is 0 Å². The molecule has 0 unspecified atom stereocenters. The maximum absolute atomic E-state index is 5.61. The van der Waals surface area contributed by atoms with Gasteiger partial charge < -0.3 is 14.5 Å². The van der Waals surface area contributed by atoms with E-state index >= 15 is 0 Å². The average molecular weight is 272 g/mol. The number of aryl methyl sites for hydroxylation is 1. The number of aromatic nitrogens is 1. The largest absolute Gasteiger partial charge is 0.477 e. The van der Waals surface area contributed by atoms with E-state index in [4.69, 9.17) is 9.15 Å². The predicted molar refractivity (Wildman–Crippen MR) is 76.4 cm³/mol. The molecule has 0 aromatic carbocycles. The fourth-order valence-electron chi connectivity index (χ4n) is 2.00. The first-order chi connectivity index (χ1) is 9.79. The first-order valence-corrected chi connectivity index (χ1v) is 7.13. The quantitative estimate of drug-likeness (QED) is 0.841. The minimum Gasteiger partial charge on any atom is -0.477 e. The molecule has 1 saturated carbocycles. The second kappa shape index (κ2) is 6.09. The van der Waals surface area contributed by atoms with Gasteiger partial charge >= 0.3 is 0 Å². The standard InChI is InChI=1S/C16H20N2O2/c1-12-2-6-15(20-12)10-17-8-14-5-7-16(18-9-14)19-11-13-3-4-13/h2,5-7,9,13,17H,3-4,8,10-11H2,1H3. The maximum Gasteiger partial charge on any atom is 0.213 e. The van der Waals surface area contributed by atoms with Crippen molar-refractivity contribution >= 4 is 0 Å². The summed E-state index contributed by atoms with van der Waals surface area (Å²) < 4.78 is 11.1. The Kier molecular flexibility index (Phi) is 4.02. The number of nitrogens with one attached hydrogen (secondary N) is 1. The van der Waals surface area contributed by atoms with Crippen molar-refractivity contribution in [3.63, 3.8) is 0 Å². The Morgan fingerprint density at radius 3 is 2.80 bits per heavy atom. The molecule has 0 bridgehead atoms. The highest BCUT2D eigenvalue weighted by atomic mass is 16.5. The SMILES string of the molecule is Cc1ccc(CNCc2ccc(OCC3CC3)nc2)o1. The van der Waals surface area contributed by atoms with Crippen molar-refractivity contribution in [2.45, 2.75) is 32.9 Å². The molecule has 4 heteroatoms. The van der Waals surface area contributed by atoms with Crippen LogP contribution >= 0.6 is 0 Å². The van der Waals surface area contributed by atoms with Gasteiger partial charge in [-0.1, -0.05) is 6.07 Å². The molecule has 0 spiro atoms. The van der Waals surface area contributed by atoms with E-state index < -0.39 is 0 Å². The maximum atomic E-state index is 5.61. The summed E-state index contributed by atoms with van der Waals surface area (Å²) in [4.78, 5) is 4.32. The van der Waals surface area contributed by atoms with Crippen LogP contribution in [0.3, 0.4) is 0 Å². The third kappa shape index (κ3) is 3.84. The number of nitrogens with zero attached hydrogens (tertiary/aromatic N) is 1. The molecule has 0 saturated heterocycles. The first kappa shape index (κ1) is 13.2. The first-order valence-electron chi connectivity index (χ1n) is 7.13. The third-order valence-electron chi connectivity index (χ3n) is 3.39. The lowest BCUT2D eigenvalue weighted by Gasteiger charge is -2.06. The Morgan fingerprint density at radius 2 is 2.15 bits per heavy atom. The van der Waals surface area contributed by atoms with Crippen LogP contribution in [0.15, 0.2) is 34.9 Å². The topological polar surface area (TPSA) is 47.3 Å². The smallest absolute Gasteiger partial charge is 0.213 e. The minimum atomic E-state index is 0.724. The van der Waals surface area contributed by atoms with E-state index in [1.165, 1.54) is 12.8 Å². The van der Waals surface area contributed by atoms with Crippen molar-refractivity contribution in [1.29, 1.82) is 0 Å². The summed E-state index contributed by atoms with van der Waals surface area (Å²) >= 11 is 0. The van der Waals surface area contributed by atoms with Crippen molar-refractivity contribution in [2.75, 3.05) is 6.61 Å². The Balaban J connectivity index is 1.42. The zero-order valence-electron chi connectivity index (χ0n) is 11.8. The van der Waals surface area contributed by atoms with Gasteiger partial charge in [-0.3, -0.25) is 0 Å². The lowest BCUT2D eigenvalue weighted by molar-refractivity contribution is 0.288. The number of furan rings is 1. The van der Waals surface area contributed by atoms with Crippen LogP contribution in [0.5, 0.6) is 5.88 Å². The lowest BCUT2D eigenvalue weighted by Crippen LogP contribution is -2.12. The van der Waals surface area contributed by atoms with Crippen LogP contribution < -0.4 is 10.1 Å². The average Bonchev–Trinajstić information content (AvgIpc) is 3.20. The number of pyridine rings is 1. The molecular formula is C16H20N2O2. The molecule has 1 aliphatic carbocycles. The van der Waals surface area contributed by atoms with Crippen LogP contribution in [0, 0.1) is 12.8 Å². The number of rotatable bonds is 7. The van der Waals surface area contributed by atoms with Gasteiger partial charge in [0.1, 0.15) is 11.5 Å². The van der Waals surface area contributed by atoms with Crippen LogP contribution in [0.25, 0.3) is 0 Å². The molecule has 1 N–H and O–H groups in total. The van der Waals surface area contributed by atoms with Crippen molar-refractivity contribution in [3.05, 3.63) is 47.5 Å². The Morgan fingerprint density at radius 1 is 1.25 bits per heavy atom. The Hall–Kier alpha value is -1.81. The molecular weight excluding hydrogens is 252 g/mol. The highest BCUT2D eigenvalue weighted by Crippen LogP contribution is 2.29. The fraction of sp³-hybridized carbons (Fsp3) is 0.438. The second-order valence-corrected chi connectivity index (χ2v) is 5.37. The van der Waals surface area contributed by atoms with Gasteiger partial charge in [0.05, 0.1) is 13.2 Å². The van der Waals surface area contributed by atoms with Crippen molar-refractivity contribution < 1.29 is 9.15 Å². The van der Waals surface area contributed by atoms with Gasteiger partial charge in [0.2, 0.25) is 5.88 Å². The zero-order valence-corrected chi connectivity index (χ0v) is 11.8. The van der Waals surface area contributed by atoms with E-state index in [1.54, 1.807) is 0 Å². The third-order valence-corrected chi connectivity index (χ3v) is 3.39. The molecule has 2 aromatic heterocycles. The lowest BCUT2D eigenvalue weighted by atomic mass is 10.3. The van der Waals surface area contributed by atoms with Gasteiger partial charge in [-0.25, -0.2) is 4.98 Å². The monoisotopic (exact) mass is 272 g/mol. The second-order valence-electron chi connectivity index (χ2n) is 5.37. The summed E-state index contributed by atoms with van der Waals surface area (Å²) in [6, 6.07) is 7.96. The molecule has 2 aromatic rings. The van der Waals surface area contributed by atoms with E-state index in [-0.39, 0.29) is 0 Å². The van der Waals surface area contributed by atoms with Gasteiger partial charge in [-0.05, 0) is 43.4 Å². The molecule has 4 nitrogen and oxygen atoms in total. The van der Waals surface area contributed by atoms with Crippen molar-refractivity contribution in [2.24, 2.45) is 5.92 Å². The van der Waals surface area contributed by atoms with Gasteiger partial charge in [0.25, 0.3) is 0 Å². The summed E-state index contributed by atoms with van der Waals surface area (Å²) in [5, 5.41) is 3.34. The van der Waals surface area contributed by atoms with Gasteiger partial charge in [-0.2, -0.15) is 0 Å². The van der Waals surface area contributed by atoms with Gasteiger partial charge in [-0.15, -0.1) is 0 Å². The Bertz CT molecular complexity index is 544. The molecule has 3 rings (SSSR count). The molecule has 1 fully saturated rings. The van der Waals surface area contributed by atoms with Gasteiger partial charge in [0, 0.05) is 18.8 Å². The van der Waals surface area contributed by atoms with Crippen molar-refractivity contribution in [3.8, 4) is 5.88 Å². The van der Waals surface area contributed by atoms with E-state index in [1.807, 2.05) is 31.3 Å². The fourth-order valence-corrected chi connectivity index (χ4v) is 2.00. The summed E-state index contributed by atoms with van der Waals surface area (Å²) in [7, 11) is 0. The van der Waals surface area contributed by atoms with E-state index in [2.05, 4.69) is 16.4 Å². The molecule has 0 atom stereocenters. The van der Waals surface area contributed by atoms with E-state index in [9.17, 15) is 0 Å². The van der Waals surface area contributed by atoms with Crippen LogP contribution in [0.4, 0.5) is 0 Å². The zero-order chi connectivity index (χ0) is 13.8. The van der Waals surface area contributed by atoms with E-state index in [0.29, 0.717) is 0 Å². The molecule has 0 aliphatic heterocycles. The number of ether oxygens (including phenoxy) is 1. The van der Waals surface area contributed by atoms with Crippen LogP contribution in [-0.2, 0) is 13.1 Å². The van der Waals surface area contributed by atoms with Crippen molar-refractivity contribution in [1.82, 2.24) is 10.3 Å².